The first-order chi connectivity index (χ1) is 9.63. The van der Waals surface area contributed by atoms with Crippen LogP contribution in [-0.2, 0) is 18.8 Å². The fraction of sp³-hybridized carbons (Fsp3) is 0.357. The highest BCUT2D eigenvalue weighted by atomic mass is 32.2. The van der Waals surface area contributed by atoms with Gasteiger partial charge in [-0.25, -0.2) is 0 Å². The van der Waals surface area contributed by atoms with Crippen molar-refractivity contribution >= 4 is 11.8 Å². The molecule has 2 heterocycles. The van der Waals surface area contributed by atoms with Crippen LogP contribution in [0, 0.1) is 6.92 Å². The van der Waals surface area contributed by atoms with E-state index in [0.717, 1.165) is 17.0 Å². The number of pyridine rings is 1. The van der Waals surface area contributed by atoms with Crippen molar-refractivity contribution in [3.05, 3.63) is 53.2 Å². The standard InChI is InChI=1S/C14H16F2N2OS/c1-10-2-3-11(7-18-10)6-17-8-12-4-5-13(19-12)9-20-14(15)16/h2-5,7,14,17H,6,8-9H2,1H3. The Morgan fingerprint density at radius 1 is 1.20 bits per heavy atom. The topological polar surface area (TPSA) is 38.1 Å². The molecule has 0 bridgehead atoms. The van der Waals surface area contributed by atoms with Crippen molar-refractivity contribution in [3.8, 4) is 0 Å². The van der Waals surface area contributed by atoms with Gasteiger partial charge in [-0.1, -0.05) is 17.8 Å². The minimum atomic E-state index is -2.37. The molecular formula is C14H16F2N2OS. The van der Waals surface area contributed by atoms with E-state index in [2.05, 4.69) is 10.3 Å². The van der Waals surface area contributed by atoms with Crippen molar-refractivity contribution in [2.24, 2.45) is 0 Å². The molecule has 0 aliphatic rings. The van der Waals surface area contributed by atoms with Gasteiger partial charge in [-0.15, -0.1) is 0 Å². The van der Waals surface area contributed by atoms with Crippen LogP contribution >= 0.6 is 11.8 Å². The lowest BCUT2D eigenvalue weighted by Gasteiger charge is -2.03. The number of hydrogen-bond donors (Lipinski definition) is 1. The second-order valence-corrected chi connectivity index (χ2v) is 5.33. The lowest BCUT2D eigenvalue weighted by molar-refractivity contribution is 0.251. The molecule has 0 amide bonds. The number of nitrogens with zero attached hydrogens (tertiary/aromatic N) is 1. The summed E-state index contributed by atoms with van der Waals surface area (Å²) in [5.74, 6) is -0.853. The number of furan rings is 1. The van der Waals surface area contributed by atoms with Crippen molar-refractivity contribution in [2.45, 2.75) is 31.5 Å². The SMILES string of the molecule is Cc1ccc(CNCc2ccc(CSC(F)F)o2)cn1. The van der Waals surface area contributed by atoms with Gasteiger partial charge >= 0.3 is 0 Å². The van der Waals surface area contributed by atoms with E-state index < -0.39 is 5.76 Å². The van der Waals surface area contributed by atoms with Gasteiger partial charge in [0.15, 0.2) is 0 Å². The minimum Gasteiger partial charge on any atom is -0.464 e. The van der Waals surface area contributed by atoms with Gasteiger partial charge in [-0.2, -0.15) is 8.78 Å². The third kappa shape index (κ3) is 4.94. The smallest absolute Gasteiger partial charge is 0.284 e. The summed E-state index contributed by atoms with van der Waals surface area (Å²) in [5, 5.41) is 3.23. The number of nitrogens with one attached hydrogen (secondary N) is 1. The lowest BCUT2D eigenvalue weighted by atomic mass is 10.2. The maximum absolute atomic E-state index is 12.0. The summed E-state index contributed by atoms with van der Waals surface area (Å²) in [5.41, 5.74) is 2.08. The number of aryl methyl sites for hydroxylation is 1. The highest BCUT2D eigenvalue weighted by Gasteiger charge is 2.07. The molecule has 0 radical (unpaired) electrons. The zero-order valence-electron chi connectivity index (χ0n) is 11.1. The number of hydrogen-bond acceptors (Lipinski definition) is 4. The molecule has 0 fully saturated rings. The third-order valence-electron chi connectivity index (χ3n) is 2.67. The summed E-state index contributed by atoms with van der Waals surface area (Å²) in [7, 11) is 0. The molecular weight excluding hydrogens is 282 g/mol. The van der Waals surface area contributed by atoms with E-state index >= 15 is 0 Å². The summed E-state index contributed by atoms with van der Waals surface area (Å²) in [6.07, 6.45) is 1.83. The number of alkyl halides is 2. The molecule has 0 aliphatic carbocycles. The number of rotatable bonds is 7. The zero-order chi connectivity index (χ0) is 14.4. The van der Waals surface area contributed by atoms with Gasteiger partial charge in [0.05, 0.1) is 12.3 Å². The Morgan fingerprint density at radius 2 is 2.00 bits per heavy atom. The molecule has 0 unspecified atom stereocenters. The predicted octanol–water partition coefficient (Wildman–Crippen LogP) is 3.73. The van der Waals surface area contributed by atoms with Crippen LogP contribution in [0.25, 0.3) is 0 Å². The first-order valence-electron chi connectivity index (χ1n) is 6.23. The van der Waals surface area contributed by atoms with Crippen LogP contribution in [-0.4, -0.2) is 10.7 Å². The van der Waals surface area contributed by atoms with Crippen molar-refractivity contribution in [1.29, 1.82) is 0 Å². The molecule has 6 heteroatoms. The molecule has 2 rings (SSSR count). The monoisotopic (exact) mass is 298 g/mol. The van der Waals surface area contributed by atoms with E-state index in [1.807, 2.05) is 31.3 Å². The van der Waals surface area contributed by atoms with Gasteiger partial charge in [0.25, 0.3) is 5.76 Å². The average molecular weight is 298 g/mol. The minimum absolute atomic E-state index is 0.194. The van der Waals surface area contributed by atoms with Crippen LogP contribution in [0.15, 0.2) is 34.9 Å². The van der Waals surface area contributed by atoms with E-state index in [-0.39, 0.29) is 5.75 Å². The quantitative estimate of drug-likeness (QED) is 0.845. The molecule has 0 spiro atoms. The van der Waals surface area contributed by atoms with Gasteiger partial charge in [-0.05, 0) is 30.7 Å². The second kappa shape index (κ2) is 7.40. The van der Waals surface area contributed by atoms with Crippen LogP contribution in [0.5, 0.6) is 0 Å². The molecule has 0 aliphatic heterocycles. The summed E-state index contributed by atoms with van der Waals surface area (Å²) < 4.78 is 29.6. The molecule has 108 valence electrons. The normalized spacial score (nSPS) is 11.2. The fourth-order valence-electron chi connectivity index (χ4n) is 1.67. The molecule has 0 atom stereocenters. The molecule has 0 aromatic carbocycles. The van der Waals surface area contributed by atoms with E-state index in [9.17, 15) is 8.78 Å². The van der Waals surface area contributed by atoms with Gasteiger partial charge in [0.2, 0.25) is 0 Å². The Balaban J connectivity index is 1.75. The van der Waals surface area contributed by atoms with Gasteiger partial charge in [0.1, 0.15) is 11.5 Å². The third-order valence-corrected chi connectivity index (χ3v) is 3.37. The highest BCUT2D eigenvalue weighted by molar-refractivity contribution is 7.98. The Hall–Kier alpha value is -1.40. The molecule has 2 aromatic heterocycles. The van der Waals surface area contributed by atoms with E-state index in [4.69, 9.17) is 4.42 Å². The van der Waals surface area contributed by atoms with Gasteiger partial charge < -0.3 is 9.73 Å². The Morgan fingerprint density at radius 3 is 2.70 bits per heavy atom. The second-order valence-electron chi connectivity index (χ2n) is 4.35. The van der Waals surface area contributed by atoms with Crippen LogP contribution in [0.1, 0.15) is 22.8 Å². The van der Waals surface area contributed by atoms with E-state index in [0.29, 0.717) is 30.6 Å². The van der Waals surface area contributed by atoms with Crippen molar-refractivity contribution in [1.82, 2.24) is 10.3 Å². The summed E-state index contributed by atoms with van der Waals surface area (Å²) >= 11 is 0.564. The summed E-state index contributed by atoms with van der Waals surface area (Å²) in [4.78, 5) is 4.21. The Labute approximate surface area is 120 Å². The fourth-order valence-corrected chi connectivity index (χ4v) is 2.12. The molecule has 2 aromatic rings. The average Bonchev–Trinajstić information content (AvgIpc) is 2.87. The van der Waals surface area contributed by atoms with E-state index in [1.54, 1.807) is 6.07 Å². The van der Waals surface area contributed by atoms with Crippen LogP contribution in [0.2, 0.25) is 0 Å². The lowest BCUT2D eigenvalue weighted by Crippen LogP contribution is -2.12. The zero-order valence-corrected chi connectivity index (χ0v) is 11.9. The molecule has 3 nitrogen and oxygen atoms in total. The van der Waals surface area contributed by atoms with Crippen molar-refractivity contribution in [3.63, 3.8) is 0 Å². The molecule has 20 heavy (non-hydrogen) atoms. The molecule has 1 N–H and O–H groups in total. The summed E-state index contributed by atoms with van der Waals surface area (Å²) in [6.45, 7) is 3.20. The van der Waals surface area contributed by atoms with Gasteiger partial charge in [0, 0.05) is 18.4 Å². The maximum Gasteiger partial charge on any atom is 0.284 e. The van der Waals surface area contributed by atoms with Crippen LogP contribution < -0.4 is 5.32 Å². The Kier molecular flexibility index (Phi) is 5.55. The molecule has 0 saturated carbocycles. The predicted molar refractivity (Wildman–Crippen MR) is 75.5 cm³/mol. The number of halogens is 2. The first kappa shape index (κ1) is 15.0. The summed E-state index contributed by atoms with van der Waals surface area (Å²) in [6, 6.07) is 7.52. The molecule has 0 saturated heterocycles. The Bertz CT molecular complexity index is 528. The van der Waals surface area contributed by atoms with Crippen molar-refractivity contribution < 1.29 is 13.2 Å². The highest BCUT2D eigenvalue weighted by Crippen LogP contribution is 2.21. The van der Waals surface area contributed by atoms with Gasteiger partial charge in [-0.3, -0.25) is 4.98 Å². The largest absolute Gasteiger partial charge is 0.464 e. The first-order valence-corrected chi connectivity index (χ1v) is 7.28. The number of aromatic nitrogens is 1. The number of thioether (sulfide) groups is 1. The maximum atomic E-state index is 12.0. The van der Waals surface area contributed by atoms with Crippen molar-refractivity contribution in [2.75, 3.05) is 0 Å². The van der Waals surface area contributed by atoms with Crippen LogP contribution in [0.3, 0.4) is 0 Å². The van der Waals surface area contributed by atoms with Crippen LogP contribution in [0.4, 0.5) is 8.78 Å². The van der Waals surface area contributed by atoms with E-state index in [1.165, 1.54) is 0 Å².